The predicted octanol–water partition coefficient (Wildman–Crippen LogP) is 1.75. The van der Waals surface area contributed by atoms with E-state index in [1.165, 1.54) is 11.3 Å². The van der Waals surface area contributed by atoms with E-state index in [9.17, 15) is 14.7 Å². The summed E-state index contributed by atoms with van der Waals surface area (Å²) >= 11 is 1.31. The minimum absolute atomic E-state index is 0.125. The zero-order valence-corrected chi connectivity index (χ0v) is 19.8. The van der Waals surface area contributed by atoms with Crippen LogP contribution in [0.4, 0.5) is 22.2 Å². The van der Waals surface area contributed by atoms with Crippen LogP contribution < -0.4 is 26.0 Å². The molecule has 1 unspecified atom stereocenters. The third-order valence-electron chi connectivity index (χ3n) is 5.54. The van der Waals surface area contributed by atoms with E-state index < -0.39 is 0 Å². The summed E-state index contributed by atoms with van der Waals surface area (Å²) in [5, 5.41) is 17.3. The van der Waals surface area contributed by atoms with Crippen LogP contribution in [-0.2, 0) is 0 Å². The molecule has 1 saturated heterocycles. The second kappa shape index (κ2) is 10.1. The quantitative estimate of drug-likeness (QED) is 0.413. The van der Waals surface area contributed by atoms with Gasteiger partial charge in [-0.25, -0.2) is 9.78 Å². The van der Waals surface area contributed by atoms with Crippen LogP contribution in [0.1, 0.15) is 17.3 Å². The number of aliphatic hydroxyl groups is 1. The van der Waals surface area contributed by atoms with Crippen molar-refractivity contribution in [2.24, 2.45) is 0 Å². The van der Waals surface area contributed by atoms with E-state index in [-0.39, 0.29) is 30.5 Å². The van der Waals surface area contributed by atoms with Gasteiger partial charge in [-0.3, -0.25) is 4.79 Å². The summed E-state index contributed by atoms with van der Waals surface area (Å²) in [5.41, 5.74) is 7.07. The number of piperazine rings is 1. The number of ether oxygens (including phenoxy) is 1. The highest BCUT2D eigenvalue weighted by molar-refractivity contribution is 7.17. The van der Waals surface area contributed by atoms with Crippen molar-refractivity contribution >= 4 is 50.9 Å². The fourth-order valence-electron chi connectivity index (χ4n) is 3.68. The Morgan fingerprint density at radius 2 is 1.91 bits per heavy atom. The van der Waals surface area contributed by atoms with E-state index in [0.29, 0.717) is 59.2 Å². The number of nitrogen functional groups attached to an aromatic ring is 1. The molecule has 180 valence electrons. The maximum atomic E-state index is 12.8. The number of nitrogens with one attached hydrogen (secondary N) is 2. The highest BCUT2D eigenvalue weighted by Crippen LogP contribution is 2.33. The molecule has 1 aromatic carbocycles. The van der Waals surface area contributed by atoms with Gasteiger partial charge in [0.05, 0.1) is 24.7 Å². The van der Waals surface area contributed by atoms with Gasteiger partial charge in [0.1, 0.15) is 16.4 Å². The highest BCUT2D eigenvalue weighted by Gasteiger charge is 2.27. The van der Waals surface area contributed by atoms with Gasteiger partial charge >= 0.3 is 6.03 Å². The Kier molecular flexibility index (Phi) is 6.98. The monoisotopic (exact) mass is 485 g/mol. The van der Waals surface area contributed by atoms with Crippen LogP contribution in [0.5, 0.6) is 5.75 Å². The van der Waals surface area contributed by atoms with Crippen LogP contribution in [0.15, 0.2) is 29.6 Å². The molecule has 1 aliphatic heterocycles. The Morgan fingerprint density at radius 3 is 2.56 bits per heavy atom. The number of methoxy groups -OCH3 is 1. The lowest BCUT2D eigenvalue weighted by molar-refractivity contribution is 0.0924. The lowest BCUT2D eigenvalue weighted by atomic mass is 10.2. The Labute approximate surface area is 200 Å². The number of urea groups is 1. The van der Waals surface area contributed by atoms with Gasteiger partial charge in [-0.1, -0.05) is 0 Å². The summed E-state index contributed by atoms with van der Waals surface area (Å²) in [7, 11) is 1.59. The van der Waals surface area contributed by atoms with Gasteiger partial charge < -0.3 is 36.0 Å². The van der Waals surface area contributed by atoms with Gasteiger partial charge in [0, 0.05) is 43.3 Å². The van der Waals surface area contributed by atoms with Crippen molar-refractivity contribution < 1.29 is 19.4 Å². The van der Waals surface area contributed by atoms with Crippen LogP contribution >= 0.6 is 11.3 Å². The summed E-state index contributed by atoms with van der Waals surface area (Å²) in [6.45, 7) is 3.54. The van der Waals surface area contributed by atoms with E-state index >= 15 is 0 Å². The molecule has 0 radical (unpaired) electrons. The van der Waals surface area contributed by atoms with Gasteiger partial charge in [0.2, 0.25) is 5.95 Å². The first-order valence-electron chi connectivity index (χ1n) is 10.8. The zero-order valence-electron chi connectivity index (χ0n) is 18.9. The van der Waals surface area contributed by atoms with Crippen molar-refractivity contribution in [1.82, 2.24) is 20.2 Å². The van der Waals surface area contributed by atoms with Crippen molar-refractivity contribution in [1.29, 1.82) is 0 Å². The smallest absolute Gasteiger partial charge is 0.321 e. The number of aliphatic hydroxyl groups excluding tert-OH is 1. The molecular formula is C22H27N7O4S. The SMILES string of the molecule is COc1ccc(NC(=O)N2CCN(c3nc(N)nc4scc(C(=O)NC(C)CO)c34)CC2)cc1. The van der Waals surface area contributed by atoms with E-state index in [1.54, 1.807) is 48.6 Å². The maximum Gasteiger partial charge on any atom is 0.321 e. The average molecular weight is 486 g/mol. The van der Waals surface area contributed by atoms with Crippen molar-refractivity contribution in [2.75, 3.05) is 55.8 Å². The van der Waals surface area contributed by atoms with Gasteiger partial charge in [0.25, 0.3) is 5.91 Å². The Hall–Kier alpha value is -3.64. The summed E-state index contributed by atoms with van der Waals surface area (Å²) in [6, 6.07) is 6.57. The minimum Gasteiger partial charge on any atom is -0.497 e. The average Bonchev–Trinajstić information content (AvgIpc) is 3.28. The topological polar surface area (TPSA) is 146 Å². The third kappa shape index (κ3) is 4.97. The van der Waals surface area contributed by atoms with E-state index in [4.69, 9.17) is 10.5 Å². The standard InChI is InChI=1S/C22H27N7O4S/c1-13(11-30)24-19(31)16-12-34-20-17(16)18(26-21(23)27-20)28-7-9-29(10-8-28)22(32)25-14-3-5-15(33-2)6-4-14/h3-6,12-13,30H,7-11H2,1-2H3,(H,24,31)(H,25,32)(H2,23,26,27). The molecule has 0 saturated carbocycles. The number of thiophene rings is 1. The molecule has 34 heavy (non-hydrogen) atoms. The molecule has 0 spiro atoms. The Balaban J connectivity index is 1.48. The summed E-state index contributed by atoms with van der Waals surface area (Å²) < 4.78 is 5.14. The van der Waals surface area contributed by atoms with Gasteiger partial charge in [0.15, 0.2) is 0 Å². The summed E-state index contributed by atoms with van der Waals surface area (Å²) in [5.74, 6) is 1.11. The minimum atomic E-state index is -0.381. The number of aromatic nitrogens is 2. The molecule has 12 heteroatoms. The number of nitrogens with zero attached hydrogens (tertiary/aromatic N) is 4. The number of hydrogen-bond acceptors (Lipinski definition) is 9. The molecular weight excluding hydrogens is 458 g/mol. The number of rotatable bonds is 6. The number of nitrogens with two attached hydrogens (primary N) is 1. The number of amides is 3. The van der Waals surface area contributed by atoms with Crippen molar-refractivity contribution in [3.8, 4) is 5.75 Å². The first-order valence-corrected chi connectivity index (χ1v) is 11.7. The summed E-state index contributed by atoms with van der Waals surface area (Å²) in [4.78, 5) is 38.6. The van der Waals surface area contributed by atoms with Crippen LogP contribution in [0.3, 0.4) is 0 Å². The fraction of sp³-hybridized carbons (Fsp3) is 0.364. The second-order valence-electron chi connectivity index (χ2n) is 7.92. The molecule has 1 atom stereocenters. The number of carbonyl (C=O) groups is 2. The van der Waals surface area contributed by atoms with Crippen LogP contribution in [-0.4, -0.2) is 77.9 Å². The van der Waals surface area contributed by atoms with Gasteiger partial charge in [-0.2, -0.15) is 4.98 Å². The van der Waals surface area contributed by atoms with Crippen molar-refractivity contribution in [3.63, 3.8) is 0 Å². The van der Waals surface area contributed by atoms with E-state index in [2.05, 4.69) is 20.6 Å². The lowest BCUT2D eigenvalue weighted by Gasteiger charge is -2.35. The Bertz CT molecular complexity index is 1180. The number of carbonyl (C=O) groups excluding carboxylic acids is 2. The lowest BCUT2D eigenvalue weighted by Crippen LogP contribution is -2.50. The third-order valence-corrected chi connectivity index (χ3v) is 6.41. The molecule has 4 rings (SSSR count). The first kappa shape index (κ1) is 23.5. The molecule has 0 bridgehead atoms. The first-order chi connectivity index (χ1) is 16.4. The molecule has 3 aromatic rings. The normalized spacial score (nSPS) is 14.7. The van der Waals surface area contributed by atoms with Crippen molar-refractivity contribution in [3.05, 3.63) is 35.2 Å². The van der Waals surface area contributed by atoms with E-state index in [0.717, 1.165) is 0 Å². The molecule has 1 aliphatic rings. The van der Waals surface area contributed by atoms with Gasteiger partial charge in [-0.05, 0) is 31.2 Å². The van der Waals surface area contributed by atoms with Gasteiger partial charge in [-0.15, -0.1) is 11.3 Å². The molecule has 3 amide bonds. The van der Waals surface area contributed by atoms with Crippen molar-refractivity contribution in [2.45, 2.75) is 13.0 Å². The number of hydrogen-bond donors (Lipinski definition) is 4. The number of benzene rings is 1. The van der Waals surface area contributed by atoms with Crippen LogP contribution in [0.2, 0.25) is 0 Å². The maximum absolute atomic E-state index is 12.8. The summed E-state index contributed by atoms with van der Waals surface area (Å²) in [6.07, 6.45) is 0. The molecule has 1 fully saturated rings. The largest absolute Gasteiger partial charge is 0.497 e. The van der Waals surface area contributed by atoms with E-state index in [1.807, 2.05) is 4.90 Å². The Morgan fingerprint density at radius 1 is 1.21 bits per heavy atom. The zero-order chi connectivity index (χ0) is 24.2. The number of anilines is 3. The fourth-order valence-corrected chi connectivity index (χ4v) is 4.60. The number of fused-ring (bicyclic) bond motifs is 1. The van der Waals surface area contributed by atoms with Crippen LogP contribution in [0.25, 0.3) is 10.2 Å². The molecule has 2 aromatic heterocycles. The molecule has 11 nitrogen and oxygen atoms in total. The second-order valence-corrected chi connectivity index (χ2v) is 8.78. The molecule has 3 heterocycles. The molecule has 0 aliphatic carbocycles. The predicted molar refractivity (Wildman–Crippen MR) is 132 cm³/mol. The molecule has 5 N–H and O–H groups in total. The van der Waals surface area contributed by atoms with Crippen LogP contribution in [0, 0.1) is 0 Å². The highest BCUT2D eigenvalue weighted by atomic mass is 32.1.